The Hall–Kier alpha value is -0.943. The lowest BCUT2D eigenvalue weighted by molar-refractivity contribution is -0.0529. The summed E-state index contributed by atoms with van der Waals surface area (Å²) in [4.78, 5) is 0. The van der Waals surface area contributed by atoms with Crippen molar-refractivity contribution in [1.82, 2.24) is 0 Å². The molecule has 0 aliphatic rings. The standard InChI is InChI=1S/C24H42O3Si/c1-10-14-22(27-28(8,9)24(4,5)6)20(3)23(25-7)19(2)17-26-18-21-15-12-11-13-16-21/h10-13,15-16,19-20,22-23H,1,14,17-18H2,2-9H3/t19-,20-,22+,23+/m0/s1. The molecule has 1 aromatic rings. The third-order valence-corrected chi connectivity index (χ3v) is 10.6. The average molecular weight is 407 g/mol. The van der Waals surface area contributed by atoms with Crippen molar-refractivity contribution in [1.29, 1.82) is 0 Å². The largest absolute Gasteiger partial charge is 0.413 e. The molecule has 0 saturated heterocycles. The van der Waals surface area contributed by atoms with Crippen LogP contribution in [0.4, 0.5) is 0 Å². The van der Waals surface area contributed by atoms with E-state index in [1.54, 1.807) is 7.11 Å². The maximum Gasteiger partial charge on any atom is 0.192 e. The first-order chi connectivity index (χ1) is 13.0. The Balaban J connectivity index is 2.74. The summed E-state index contributed by atoms with van der Waals surface area (Å²) in [5.74, 6) is 0.534. The summed E-state index contributed by atoms with van der Waals surface area (Å²) in [6.07, 6.45) is 2.99. The molecule has 4 heteroatoms. The van der Waals surface area contributed by atoms with Crippen molar-refractivity contribution < 1.29 is 13.9 Å². The van der Waals surface area contributed by atoms with E-state index >= 15 is 0 Å². The Kier molecular flexibility index (Phi) is 10.1. The molecule has 0 heterocycles. The van der Waals surface area contributed by atoms with E-state index in [1.165, 1.54) is 5.56 Å². The van der Waals surface area contributed by atoms with Gasteiger partial charge in [-0.15, -0.1) is 6.58 Å². The summed E-state index contributed by atoms with van der Waals surface area (Å²) in [7, 11) is -0.0677. The topological polar surface area (TPSA) is 27.7 Å². The minimum atomic E-state index is -1.87. The van der Waals surface area contributed by atoms with Gasteiger partial charge in [0.05, 0.1) is 25.4 Å². The monoisotopic (exact) mass is 406 g/mol. The van der Waals surface area contributed by atoms with Crippen LogP contribution in [0.5, 0.6) is 0 Å². The predicted molar refractivity (Wildman–Crippen MR) is 122 cm³/mol. The van der Waals surface area contributed by atoms with Gasteiger partial charge in [0.25, 0.3) is 0 Å². The third kappa shape index (κ3) is 7.47. The number of hydrogen-bond acceptors (Lipinski definition) is 3. The smallest absolute Gasteiger partial charge is 0.192 e. The lowest BCUT2D eigenvalue weighted by Gasteiger charge is -2.42. The third-order valence-electron chi connectivity index (χ3n) is 6.08. The SMILES string of the molecule is C=CC[C@@H](O[Si](C)(C)C(C)(C)C)[C@H](C)[C@H](OC)[C@@H](C)COCc1ccccc1. The van der Waals surface area contributed by atoms with Gasteiger partial charge in [-0.2, -0.15) is 0 Å². The van der Waals surface area contributed by atoms with Gasteiger partial charge >= 0.3 is 0 Å². The van der Waals surface area contributed by atoms with Crippen molar-refractivity contribution in [3.8, 4) is 0 Å². The van der Waals surface area contributed by atoms with Gasteiger partial charge < -0.3 is 13.9 Å². The second-order valence-corrected chi connectivity index (χ2v) is 14.2. The summed E-state index contributed by atoms with van der Waals surface area (Å²) in [6.45, 7) is 21.2. The molecule has 0 saturated carbocycles. The van der Waals surface area contributed by atoms with Gasteiger partial charge in [-0.1, -0.05) is 71.0 Å². The fourth-order valence-corrected chi connectivity index (χ4v) is 4.72. The summed E-state index contributed by atoms with van der Waals surface area (Å²) in [5.41, 5.74) is 1.20. The van der Waals surface area contributed by atoms with Crippen LogP contribution in [0, 0.1) is 11.8 Å². The van der Waals surface area contributed by atoms with Crippen LogP contribution in [0.3, 0.4) is 0 Å². The second-order valence-electron chi connectivity index (χ2n) is 9.48. The molecule has 0 aromatic heterocycles. The Morgan fingerprint density at radius 2 is 1.71 bits per heavy atom. The maximum absolute atomic E-state index is 6.76. The zero-order valence-corrected chi connectivity index (χ0v) is 20.3. The van der Waals surface area contributed by atoms with Crippen LogP contribution in [0.25, 0.3) is 0 Å². The number of benzene rings is 1. The first kappa shape index (κ1) is 25.1. The minimum absolute atomic E-state index is 0.0745. The molecule has 1 aromatic carbocycles. The van der Waals surface area contributed by atoms with Gasteiger partial charge in [0.2, 0.25) is 0 Å². The van der Waals surface area contributed by atoms with Crippen LogP contribution in [-0.4, -0.2) is 34.2 Å². The van der Waals surface area contributed by atoms with Crippen molar-refractivity contribution in [2.75, 3.05) is 13.7 Å². The predicted octanol–water partition coefficient (Wildman–Crippen LogP) is 6.46. The Bertz CT molecular complexity index is 565. The molecule has 0 spiro atoms. The fraction of sp³-hybridized carbons (Fsp3) is 0.667. The van der Waals surface area contributed by atoms with Crippen molar-refractivity contribution in [2.24, 2.45) is 11.8 Å². The minimum Gasteiger partial charge on any atom is -0.413 e. The molecule has 3 nitrogen and oxygen atoms in total. The number of ether oxygens (including phenoxy) is 2. The molecule has 0 radical (unpaired) electrons. The molecule has 0 amide bonds. The number of hydrogen-bond donors (Lipinski definition) is 0. The van der Waals surface area contributed by atoms with E-state index in [9.17, 15) is 0 Å². The normalized spacial score (nSPS) is 17.0. The molecular weight excluding hydrogens is 364 g/mol. The van der Waals surface area contributed by atoms with Crippen molar-refractivity contribution in [2.45, 2.75) is 78.0 Å². The Morgan fingerprint density at radius 1 is 1.11 bits per heavy atom. The highest BCUT2D eigenvalue weighted by atomic mass is 28.4. The molecule has 160 valence electrons. The molecule has 0 aliphatic heterocycles. The molecular formula is C24H42O3Si. The van der Waals surface area contributed by atoms with Crippen molar-refractivity contribution >= 4 is 8.32 Å². The molecule has 0 N–H and O–H groups in total. The zero-order valence-electron chi connectivity index (χ0n) is 19.3. The molecule has 0 bridgehead atoms. The van der Waals surface area contributed by atoms with Crippen molar-refractivity contribution in [3.05, 3.63) is 48.6 Å². The van der Waals surface area contributed by atoms with Crippen LogP contribution in [0.1, 0.15) is 46.6 Å². The van der Waals surface area contributed by atoms with Gasteiger partial charge in [-0.3, -0.25) is 0 Å². The molecule has 28 heavy (non-hydrogen) atoms. The van der Waals surface area contributed by atoms with E-state index in [2.05, 4.69) is 66.4 Å². The Morgan fingerprint density at radius 3 is 2.21 bits per heavy atom. The molecule has 0 aliphatic carbocycles. The quantitative estimate of drug-likeness (QED) is 0.294. The van der Waals surface area contributed by atoms with E-state index in [0.717, 1.165) is 6.42 Å². The van der Waals surface area contributed by atoms with Crippen LogP contribution < -0.4 is 0 Å². The van der Waals surface area contributed by atoms with E-state index in [4.69, 9.17) is 13.9 Å². The lowest BCUT2D eigenvalue weighted by Crippen LogP contribution is -2.48. The van der Waals surface area contributed by atoms with Gasteiger partial charge in [0.15, 0.2) is 8.32 Å². The number of rotatable bonds is 12. The summed E-state index contributed by atoms with van der Waals surface area (Å²) >= 11 is 0. The highest BCUT2D eigenvalue weighted by Crippen LogP contribution is 2.39. The van der Waals surface area contributed by atoms with E-state index < -0.39 is 8.32 Å². The van der Waals surface area contributed by atoms with Crippen LogP contribution in [0.15, 0.2) is 43.0 Å². The van der Waals surface area contributed by atoms with E-state index in [-0.39, 0.29) is 29.1 Å². The van der Waals surface area contributed by atoms with Crippen molar-refractivity contribution in [3.63, 3.8) is 0 Å². The lowest BCUT2D eigenvalue weighted by atomic mass is 9.88. The van der Waals surface area contributed by atoms with E-state index in [1.807, 2.05) is 24.3 Å². The summed E-state index contributed by atoms with van der Waals surface area (Å²) in [5, 5.41) is 0.180. The molecule has 0 unspecified atom stereocenters. The zero-order chi connectivity index (χ0) is 21.4. The van der Waals surface area contributed by atoms with Gasteiger partial charge in [-0.05, 0) is 30.1 Å². The first-order valence-electron chi connectivity index (χ1n) is 10.5. The van der Waals surface area contributed by atoms with Gasteiger partial charge in [0.1, 0.15) is 0 Å². The van der Waals surface area contributed by atoms with Gasteiger partial charge in [-0.25, -0.2) is 0 Å². The fourth-order valence-electron chi connectivity index (χ4n) is 3.30. The second kappa shape index (κ2) is 11.3. The maximum atomic E-state index is 6.76. The van der Waals surface area contributed by atoms with Crippen LogP contribution in [0.2, 0.25) is 18.1 Å². The van der Waals surface area contributed by atoms with Crippen LogP contribution >= 0.6 is 0 Å². The Labute approximate surface area is 174 Å². The van der Waals surface area contributed by atoms with Gasteiger partial charge in [0, 0.05) is 18.9 Å². The molecule has 0 fully saturated rings. The highest BCUT2D eigenvalue weighted by Gasteiger charge is 2.41. The average Bonchev–Trinajstić information content (AvgIpc) is 2.61. The summed E-state index contributed by atoms with van der Waals surface area (Å²) < 4.78 is 18.7. The highest BCUT2D eigenvalue weighted by molar-refractivity contribution is 6.74. The molecule has 1 rings (SSSR count). The first-order valence-corrected chi connectivity index (χ1v) is 13.4. The van der Waals surface area contributed by atoms with Crippen LogP contribution in [-0.2, 0) is 20.5 Å². The summed E-state index contributed by atoms with van der Waals surface area (Å²) in [6, 6.07) is 10.3. The molecule has 4 atom stereocenters. The van der Waals surface area contributed by atoms with E-state index in [0.29, 0.717) is 13.2 Å². The number of methoxy groups -OCH3 is 1.